The number of rotatable bonds is 6. The minimum atomic E-state index is -1.01. The molecule has 1 saturated carbocycles. The Kier molecular flexibility index (Phi) is 5.27. The van der Waals surface area contributed by atoms with Crippen LogP contribution >= 0.6 is 0 Å². The van der Waals surface area contributed by atoms with Gasteiger partial charge in [-0.15, -0.1) is 0 Å². The van der Waals surface area contributed by atoms with Gasteiger partial charge in [0.2, 0.25) is 11.8 Å². The van der Waals surface area contributed by atoms with E-state index >= 15 is 0 Å². The Hall–Kier alpha value is -3.13. The van der Waals surface area contributed by atoms with Gasteiger partial charge in [-0.3, -0.25) is 9.59 Å². The van der Waals surface area contributed by atoms with Gasteiger partial charge < -0.3 is 10.6 Å². The fourth-order valence-corrected chi connectivity index (χ4v) is 3.20. The number of hydrogen-bond acceptors (Lipinski definition) is 3. The van der Waals surface area contributed by atoms with Gasteiger partial charge in [-0.05, 0) is 61.1 Å². The van der Waals surface area contributed by atoms with E-state index in [1.807, 2.05) is 24.3 Å². The quantitative estimate of drug-likeness (QED) is 0.762. The van der Waals surface area contributed by atoms with Gasteiger partial charge in [-0.2, -0.15) is 5.26 Å². The lowest BCUT2D eigenvalue weighted by Gasteiger charge is -2.19. The number of hydrogen-bond donors (Lipinski definition) is 2. The number of nitrogens with one attached hydrogen (secondary N) is 2. The average molecular weight is 361 g/mol. The smallest absolute Gasteiger partial charge is 0.240 e. The van der Waals surface area contributed by atoms with Crippen molar-refractivity contribution in [2.75, 3.05) is 10.6 Å². The van der Waals surface area contributed by atoms with Crippen LogP contribution in [0.3, 0.4) is 0 Å². The lowest BCUT2D eigenvalue weighted by Crippen LogP contribution is -2.36. The van der Waals surface area contributed by atoms with Crippen LogP contribution in [-0.4, -0.2) is 11.8 Å². The molecule has 1 fully saturated rings. The fourth-order valence-electron chi connectivity index (χ4n) is 3.20. The highest BCUT2D eigenvalue weighted by Crippen LogP contribution is 2.47. The van der Waals surface area contributed by atoms with Crippen molar-refractivity contribution < 1.29 is 9.59 Å². The summed E-state index contributed by atoms with van der Waals surface area (Å²) in [5.74, 6) is -0.541. The van der Waals surface area contributed by atoms with Crippen molar-refractivity contribution in [3.05, 3.63) is 59.2 Å². The predicted molar refractivity (Wildman–Crippen MR) is 105 cm³/mol. The summed E-state index contributed by atoms with van der Waals surface area (Å²) in [5, 5.41) is 14.7. The second-order valence-electron chi connectivity index (χ2n) is 6.84. The maximum atomic E-state index is 13.0. The van der Waals surface area contributed by atoms with Gasteiger partial charge in [-0.25, -0.2) is 0 Å². The van der Waals surface area contributed by atoms with Gasteiger partial charge in [0.05, 0.1) is 11.6 Å². The summed E-state index contributed by atoms with van der Waals surface area (Å²) in [7, 11) is 0. The molecule has 5 heteroatoms. The molecule has 27 heavy (non-hydrogen) atoms. The Morgan fingerprint density at radius 2 is 1.52 bits per heavy atom. The van der Waals surface area contributed by atoms with Crippen molar-refractivity contribution in [2.45, 2.75) is 39.5 Å². The summed E-state index contributed by atoms with van der Waals surface area (Å²) < 4.78 is 0. The maximum Gasteiger partial charge on any atom is 0.240 e. The molecule has 1 aliphatic carbocycles. The number of amides is 2. The molecule has 3 rings (SSSR count). The third-order valence-electron chi connectivity index (χ3n) is 5.13. The molecule has 0 aromatic heterocycles. The van der Waals surface area contributed by atoms with Gasteiger partial charge >= 0.3 is 0 Å². The van der Waals surface area contributed by atoms with Crippen LogP contribution in [0, 0.1) is 16.7 Å². The first-order chi connectivity index (χ1) is 13.0. The molecule has 2 aromatic carbocycles. The molecule has 0 aliphatic heterocycles. The first kappa shape index (κ1) is 18.7. The minimum absolute atomic E-state index is 0.246. The number of anilines is 2. The SMILES string of the molecule is CCc1cccc(CC)c1NC(=O)C1(C(=O)Nc2ccc(C#N)cc2)CC1. The molecule has 5 nitrogen and oxygen atoms in total. The molecule has 2 N–H and O–H groups in total. The van der Waals surface area contributed by atoms with Gasteiger partial charge in [0, 0.05) is 11.4 Å². The van der Waals surface area contributed by atoms with Crippen LogP contribution in [-0.2, 0) is 22.4 Å². The third-order valence-corrected chi connectivity index (χ3v) is 5.13. The van der Waals surface area contributed by atoms with E-state index < -0.39 is 5.41 Å². The third kappa shape index (κ3) is 3.70. The molecular formula is C22H23N3O2. The van der Waals surface area contributed by atoms with E-state index in [9.17, 15) is 9.59 Å². The van der Waals surface area contributed by atoms with E-state index in [0.717, 1.165) is 29.7 Å². The van der Waals surface area contributed by atoms with Crippen molar-refractivity contribution in [1.82, 2.24) is 0 Å². The van der Waals surface area contributed by atoms with E-state index in [4.69, 9.17) is 5.26 Å². The molecule has 2 amide bonds. The Balaban J connectivity index is 1.76. The summed E-state index contributed by atoms with van der Waals surface area (Å²) in [6.45, 7) is 4.10. The van der Waals surface area contributed by atoms with Crippen LogP contribution in [0.25, 0.3) is 0 Å². The first-order valence-electron chi connectivity index (χ1n) is 9.28. The molecular weight excluding hydrogens is 338 g/mol. The van der Waals surface area contributed by atoms with E-state index in [0.29, 0.717) is 24.1 Å². The summed E-state index contributed by atoms with van der Waals surface area (Å²) in [5.41, 5.74) is 3.08. The monoisotopic (exact) mass is 361 g/mol. The highest BCUT2D eigenvalue weighted by Gasteiger charge is 2.56. The molecule has 0 bridgehead atoms. The van der Waals surface area contributed by atoms with Crippen LogP contribution in [0.1, 0.15) is 43.4 Å². The Bertz CT molecular complexity index is 884. The van der Waals surface area contributed by atoms with E-state index in [-0.39, 0.29) is 11.8 Å². The zero-order valence-corrected chi connectivity index (χ0v) is 15.6. The van der Waals surface area contributed by atoms with E-state index in [1.165, 1.54) is 0 Å². The zero-order valence-electron chi connectivity index (χ0n) is 15.6. The largest absolute Gasteiger partial charge is 0.325 e. The highest BCUT2D eigenvalue weighted by molar-refractivity contribution is 6.17. The molecule has 0 heterocycles. The topological polar surface area (TPSA) is 82.0 Å². The van der Waals surface area contributed by atoms with Gasteiger partial charge in [0.25, 0.3) is 0 Å². The summed E-state index contributed by atoms with van der Waals surface area (Å²) in [6, 6.07) is 14.7. The standard InChI is InChI=1S/C22H23N3O2/c1-3-16-6-5-7-17(4-2)19(16)25-21(27)22(12-13-22)20(26)24-18-10-8-15(14-23)9-11-18/h5-11H,3-4,12-13H2,1-2H3,(H,24,26)(H,25,27). The lowest BCUT2D eigenvalue weighted by atomic mass is 10.0. The summed E-state index contributed by atoms with van der Waals surface area (Å²) in [6.07, 6.45) is 2.70. The van der Waals surface area contributed by atoms with Crippen LogP contribution < -0.4 is 10.6 Å². The molecule has 2 aromatic rings. The van der Waals surface area contributed by atoms with Crippen LogP contribution in [0.5, 0.6) is 0 Å². The average Bonchev–Trinajstić information content (AvgIpc) is 3.51. The number of para-hydroxylation sites is 1. The minimum Gasteiger partial charge on any atom is -0.325 e. The number of carbonyl (C=O) groups excluding carboxylic acids is 2. The van der Waals surface area contributed by atoms with Crippen molar-refractivity contribution in [1.29, 1.82) is 5.26 Å². The molecule has 138 valence electrons. The molecule has 0 atom stereocenters. The number of nitriles is 1. The molecule has 0 radical (unpaired) electrons. The first-order valence-corrected chi connectivity index (χ1v) is 9.28. The molecule has 1 aliphatic rings. The van der Waals surface area contributed by atoms with Gasteiger partial charge in [0.1, 0.15) is 5.41 Å². The zero-order chi connectivity index (χ0) is 19.4. The predicted octanol–water partition coefficient (Wildman–Crippen LogP) is 4.04. The Morgan fingerprint density at radius 1 is 0.963 bits per heavy atom. The maximum absolute atomic E-state index is 13.0. The lowest BCUT2D eigenvalue weighted by molar-refractivity contribution is -0.131. The van der Waals surface area contributed by atoms with Gasteiger partial charge in [-0.1, -0.05) is 32.0 Å². The van der Waals surface area contributed by atoms with Crippen molar-refractivity contribution in [3.63, 3.8) is 0 Å². The second-order valence-corrected chi connectivity index (χ2v) is 6.84. The summed E-state index contributed by atoms with van der Waals surface area (Å²) in [4.78, 5) is 25.7. The van der Waals surface area contributed by atoms with Gasteiger partial charge in [0.15, 0.2) is 0 Å². The van der Waals surface area contributed by atoms with Crippen molar-refractivity contribution >= 4 is 23.2 Å². The normalized spacial score (nSPS) is 14.1. The molecule has 0 spiro atoms. The van der Waals surface area contributed by atoms with Crippen LogP contribution in [0.15, 0.2) is 42.5 Å². The number of nitrogens with zero attached hydrogens (tertiary/aromatic N) is 1. The number of aryl methyl sites for hydroxylation is 2. The second kappa shape index (κ2) is 7.63. The molecule has 0 unspecified atom stereocenters. The summed E-state index contributed by atoms with van der Waals surface area (Å²) >= 11 is 0. The van der Waals surface area contributed by atoms with E-state index in [1.54, 1.807) is 24.3 Å². The van der Waals surface area contributed by atoms with Crippen LogP contribution in [0.2, 0.25) is 0 Å². The van der Waals surface area contributed by atoms with Crippen LogP contribution in [0.4, 0.5) is 11.4 Å². The van der Waals surface area contributed by atoms with Crippen molar-refractivity contribution in [3.8, 4) is 6.07 Å². The Labute approximate surface area is 159 Å². The molecule has 0 saturated heterocycles. The van der Waals surface area contributed by atoms with E-state index in [2.05, 4.69) is 24.5 Å². The number of benzene rings is 2. The highest BCUT2D eigenvalue weighted by atomic mass is 16.2. The van der Waals surface area contributed by atoms with Crippen molar-refractivity contribution in [2.24, 2.45) is 5.41 Å². The number of carbonyl (C=O) groups is 2. The fraction of sp³-hybridized carbons (Fsp3) is 0.318. The Morgan fingerprint density at radius 3 is 2.00 bits per heavy atom.